The van der Waals surface area contributed by atoms with Gasteiger partial charge in [0, 0.05) is 13.1 Å². The van der Waals surface area contributed by atoms with E-state index in [9.17, 15) is 15.4 Å². The number of para-hydroxylation sites is 2. The Morgan fingerprint density at radius 3 is 2.58 bits per heavy atom. The molecule has 0 spiro atoms. The number of allylic oxidation sites excluding steroid dienone is 1. The van der Waals surface area contributed by atoms with Gasteiger partial charge in [-0.05, 0) is 35.4 Å². The number of nitrogens with zero attached hydrogens (tertiary/aromatic N) is 4. The normalized spacial score (nSPS) is 11.2. The van der Waals surface area contributed by atoms with Gasteiger partial charge < -0.3 is 14.0 Å². The zero-order valence-electron chi connectivity index (χ0n) is 18.1. The van der Waals surface area contributed by atoms with Crippen LogP contribution in [-0.4, -0.2) is 21.6 Å². The van der Waals surface area contributed by atoms with Gasteiger partial charge in [-0.15, -0.1) is 0 Å². The molecule has 1 aromatic heterocycles. The molecule has 8 nitrogen and oxygen atoms in total. The van der Waals surface area contributed by atoms with Crippen molar-refractivity contribution in [2.75, 3.05) is 7.11 Å². The minimum absolute atomic E-state index is 0.0322. The highest BCUT2D eigenvalue weighted by molar-refractivity contribution is 5.91. The zero-order chi connectivity index (χ0) is 23.4. The third-order valence-electron chi connectivity index (χ3n) is 5.16. The Balaban J connectivity index is 1.76. The van der Waals surface area contributed by atoms with Crippen LogP contribution in [0.5, 0.6) is 11.5 Å². The van der Waals surface area contributed by atoms with E-state index >= 15 is 0 Å². The molecular formula is C25H20N4O4. The van der Waals surface area contributed by atoms with Crippen molar-refractivity contribution in [3.8, 4) is 17.6 Å². The molecule has 0 bridgehead atoms. The monoisotopic (exact) mass is 440 g/mol. The summed E-state index contributed by atoms with van der Waals surface area (Å²) in [4.78, 5) is 15.8. The number of aromatic nitrogens is 2. The number of hydrogen-bond acceptors (Lipinski definition) is 6. The van der Waals surface area contributed by atoms with Gasteiger partial charge in [0.2, 0.25) is 5.75 Å². The fourth-order valence-electron chi connectivity index (χ4n) is 3.55. The summed E-state index contributed by atoms with van der Waals surface area (Å²) in [5.41, 5.74) is 2.94. The standard InChI is InChI=1S/C25H20N4O4/c1-28-21-11-7-6-10-20(21)27-25(28)19(15-26)12-18-13-22(29(30)31)24(23(14-18)32-2)33-16-17-8-4-3-5-9-17/h3-14H,16H2,1-2H3/b19-12-. The number of methoxy groups -OCH3 is 1. The maximum atomic E-state index is 11.8. The molecule has 0 saturated heterocycles. The number of nitro benzene ring substituents is 1. The van der Waals surface area contributed by atoms with Crippen LogP contribution in [0.3, 0.4) is 0 Å². The number of imidazole rings is 1. The Hall–Kier alpha value is -4.64. The maximum Gasteiger partial charge on any atom is 0.315 e. The zero-order valence-corrected chi connectivity index (χ0v) is 18.1. The van der Waals surface area contributed by atoms with Crippen LogP contribution < -0.4 is 9.47 Å². The Bertz CT molecular complexity index is 1400. The van der Waals surface area contributed by atoms with E-state index in [0.717, 1.165) is 16.6 Å². The van der Waals surface area contributed by atoms with E-state index in [1.54, 1.807) is 12.1 Å². The molecule has 0 atom stereocenters. The first-order chi connectivity index (χ1) is 16.0. The lowest BCUT2D eigenvalue weighted by Crippen LogP contribution is -2.02. The summed E-state index contributed by atoms with van der Waals surface area (Å²) in [7, 11) is 3.23. The van der Waals surface area contributed by atoms with Gasteiger partial charge >= 0.3 is 5.69 Å². The molecule has 0 radical (unpaired) electrons. The fraction of sp³-hybridized carbons (Fsp3) is 0.120. The molecule has 0 fully saturated rings. The number of rotatable bonds is 7. The number of benzene rings is 3. The van der Waals surface area contributed by atoms with Crippen LogP contribution in [0, 0.1) is 21.4 Å². The van der Waals surface area contributed by atoms with Crippen LogP contribution in [-0.2, 0) is 13.7 Å². The highest BCUT2D eigenvalue weighted by Crippen LogP contribution is 2.39. The van der Waals surface area contributed by atoms with Crippen molar-refractivity contribution in [3.05, 3.63) is 93.8 Å². The Morgan fingerprint density at radius 1 is 1.18 bits per heavy atom. The quantitative estimate of drug-likeness (QED) is 0.224. The van der Waals surface area contributed by atoms with E-state index < -0.39 is 4.92 Å². The van der Waals surface area contributed by atoms with Crippen LogP contribution in [0.4, 0.5) is 5.69 Å². The maximum absolute atomic E-state index is 11.8. The van der Waals surface area contributed by atoms with Gasteiger partial charge in [0.15, 0.2) is 11.6 Å². The number of aryl methyl sites for hydroxylation is 1. The summed E-state index contributed by atoms with van der Waals surface area (Å²) in [6, 6.07) is 22.0. The smallest absolute Gasteiger partial charge is 0.315 e. The minimum Gasteiger partial charge on any atom is -0.493 e. The second-order valence-corrected chi connectivity index (χ2v) is 7.26. The van der Waals surface area contributed by atoms with Crippen molar-refractivity contribution in [2.45, 2.75) is 6.61 Å². The van der Waals surface area contributed by atoms with E-state index in [4.69, 9.17) is 9.47 Å². The van der Waals surface area contributed by atoms with Gasteiger partial charge in [-0.2, -0.15) is 5.26 Å². The van der Waals surface area contributed by atoms with Crippen molar-refractivity contribution in [3.63, 3.8) is 0 Å². The van der Waals surface area contributed by atoms with Crippen molar-refractivity contribution >= 4 is 28.4 Å². The third-order valence-corrected chi connectivity index (χ3v) is 5.16. The molecule has 33 heavy (non-hydrogen) atoms. The van der Waals surface area contributed by atoms with Crippen LogP contribution in [0.1, 0.15) is 17.0 Å². The van der Waals surface area contributed by atoms with E-state index in [-0.39, 0.29) is 29.4 Å². The van der Waals surface area contributed by atoms with Gasteiger partial charge in [-0.1, -0.05) is 42.5 Å². The van der Waals surface area contributed by atoms with Gasteiger partial charge in [0.05, 0.1) is 28.6 Å². The molecule has 0 aliphatic carbocycles. The van der Waals surface area contributed by atoms with Crippen LogP contribution in [0.15, 0.2) is 66.7 Å². The molecule has 0 aliphatic rings. The van der Waals surface area contributed by atoms with Gasteiger partial charge in [-0.3, -0.25) is 10.1 Å². The van der Waals surface area contributed by atoms with Crippen molar-refractivity contribution in [1.29, 1.82) is 5.26 Å². The average molecular weight is 440 g/mol. The van der Waals surface area contributed by atoms with E-state index in [1.165, 1.54) is 13.2 Å². The molecule has 4 rings (SSSR count). The second-order valence-electron chi connectivity index (χ2n) is 7.26. The van der Waals surface area contributed by atoms with Gasteiger partial charge in [0.1, 0.15) is 12.7 Å². The van der Waals surface area contributed by atoms with Crippen LogP contribution in [0.25, 0.3) is 22.7 Å². The second kappa shape index (κ2) is 9.24. The fourth-order valence-corrected chi connectivity index (χ4v) is 3.55. The lowest BCUT2D eigenvalue weighted by molar-refractivity contribution is -0.386. The highest BCUT2D eigenvalue weighted by atomic mass is 16.6. The molecule has 164 valence electrons. The minimum atomic E-state index is -0.526. The molecule has 1 heterocycles. The first kappa shape index (κ1) is 21.6. The molecule has 0 amide bonds. The third kappa shape index (κ3) is 4.38. The summed E-state index contributed by atoms with van der Waals surface area (Å²) in [5.74, 6) is 0.697. The predicted octanol–water partition coefficient (Wildman–Crippen LogP) is 5.13. The number of hydrogen-bond donors (Lipinski definition) is 0. The molecular weight excluding hydrogens is 420 g/mol. The summed E-state index contributed by atoms with van der Waals surface area (Å²) in [6.45, 7) is 0.149. The Kier molecular flexibility index (Phi) is 6.04. The van der Waals surface area contributed by atoms with Crippen molar-refractivity contribution in [2.24, 2.45) is 7.05 Å². The Morgan fingerprint density at radius 2 is 1.91 bits per heavy atom. The topological polar surface area (TPSA) is 103 Å². The molecule has 0 unspecified atom stereocenters. The summed E-state index contributed by atoms with van der Waals surface area (Å²) in [6.07, 6.45) is 1.55. The molecule has 8 heteroatoms. The molecule has 0 saturated carbocycles. The first-order valence-electron chi connectivity index (χ1n) is 10.1. The largest absolute Gasteiger partial charge is 0.493 e. The van der Waals surface area contributed by atoms with Crippen molar-refractivity contribution in [1.82, 2.24) is 9.55 Å². The number of nitro groups is 1. The number of nitriles is 1. The molecule has 3 aromatic carbocycles. The molecule has 4 aromatic rings. The van der Waals surface area contributed by atoms with E-state index in [0.29, 0.717) is 11.4 Å². The summed E-state index contributed by atoms with van der Waals surface area (Å²) in [5, 5.41) is 21.6. The number of fused-ring (bicyclic) bond motifs is 1. The SMILES string of the molecule is COc1cc(/C=C(/C#N)c2nc3ccccc3n2C)cc([N+](=O)[O-])c1OCc1ccccc1. The lowest BCUT2D eigenvalue weighted by Gasteiger charge is -2.12. The van der Waals surface area contributed by atoms with Gasteiger partial charge in [-0.25, -0.2) is 4.98 Å². The van der Waals surface area contributed by atoms with Crippen LogP contribution >= 0.6 is 0 Å². The predicted molar refractivity (Wildman–Crippen MR) is 125 cm³/mol. The van der Waals surface area contributed by atoms with Gasteiger partial charge in [0.25, 0.3) is 0 Å². The van der Waals surface area contributed by atoms with Crippen LogP contribution in [0.2, 0.25) is 0 Å². The molecule has 0 aliphatic heterocycles. The first-order valence-corrected chi connectivity index (χ1v) is 10.1. The summed E-state index contributed by atoms with van der Waals surface area (Å²) < 4.78 is 13.0. The summed E-state index contributed by atoms with van der Waals surface area (Å²) >= 11 is 0. The Labute approximate surface area is 190 Å². The van der Waals surface area contributed by atoms with E-state index in [2.05, 4.69) is 11.1 Å². The lowest BCUT2D eigenvalue weighted by atomic mass is 10.1. The van der Waals surface area contributed by atoms with E-state index in [1.807, 2.05) is 66.2 Å². The average Bonchev–Trinajstić information content (AvgIpc) is 3.18. The highest BCUT2D eigenvalue weighted by Gasteiger charge is 2.23. The molecule has 0 N–H and O–H groups in total. The van der Waals surface area contributed by atoms with Crippen molar-refractivity contribution < 1.29 is 14.4 Å². The number of ether oxygens (including phenoxy) is 2.